The summed E-state index contributed by atoms with van der Waals surface area (Å²) >= 11 is 0. The van der Waals surface area contributed by atoms with Gasteiger partial charge in [-0.25, -0.2) is 0 Å². The van der Waals surface area contributed by atoms with Gasteiger partial charge in [-0.2, -0.15) is 10.1 Å². The van der Waals surface area contributed by atoms with Gasteiger partial charge in [-0.15, -0.1) is 0 Å². The van der Waals surface area contributed by atoms with Crippen LogP contribution in [0.5, 0.6) is 0 Å². The SMILES string of the molecule is O=C1[C@@H]2[C@H]3C=C[C@@H]([C@@H]4C[C@@H]34)[C@H]2C(=O)N1/N=C\c1cc([N+](=O)[O-])cc([N+](=O)[O-])c1. The topological polar surface area (TPSA) is 136 Å². The molecule has 4 aliphatic carbocycles. The third-order valence-corrected chi connectivity index (χ3v) is 6.31. The lowest BCUT2D eigenvalue weighted by Crippen LogP contribution is -2.40. The smallest absolute Gasteiger partial charge is 0.272 e. The van der Waals surface area contributed by atoms with Crippen LogP contribution in [0.4, 0.5) is 11.4 Å². The molecule has 0 radical (unpaired) electrons. The number of carbonyl (C=O) groups is 2. The monoisotopic (exact) mass is 382 g/mol. The van der Waals surface area contributed by atoms with Gasteiger partial charge in [0.05, 0.1) is 34.0 Å². The number of imide groups is 1. The van der Waals surface area contributed by atoms with E-state index in [0.717, 1.165) is 35.8 Å². The molecule has 0 spiro atoms. The van der Waals surface area contributed by atoms with Crippen molar-refractivity contribution >= 4 is 29.4 Å². The van der Waals surface area contributed by atoms with Crippen LogP contribution in [0.2, 0.25) is 0 Å². The molecule has 3 fully saturated rings. The van der Waals surface area contributed by atoms with Gasteiger partial charge >= 0.3 is 0 Å². The van der Waals surface area contributed by atoms with Crippen molar-refractivity contribution in [2.45, 2.75) is 6.42 Å². The van der Waals surface area contributed by atoms with Crippen LogP contribution < -0.4 is 0 Å². The van der Waals surface area contributed by atoms with Gasteiger partial charge in [0.2, 0.25) is 0 Å². The normalized spacial score (nSPS) is 34.6. The molecule has 10 heteroatoms. The lowest BCUT2D eigenvalue weighted by Gasteiger charge is -2.37. The van der Waals surface area contributed by atoms with Crippen LogP contribution in [0.1, 0.15) is 12.0 Å². The highest BCUT2D eigenvalue weighted by molar-refractivity contribution is 6.06. The molecule has 142 valence electrons. The number of amides is 2. The molecule has 6 rings (SSSR count). The molecule has 28 heavy (non-hydrogen) atoms. The highest BCUT2D eigenvalue weighted by Gasteiger charge is 2.67. The molecule has 2 amide bonds. The van der Waals surface area contributed by atoms with E-state index in [-0.39, 0.29) is 29.2 Å². The average molecular weight is 382 g/mol. The van der Waals surface area contributed by atoms with E-state index < -0.39 is 33.1 Å². The summed E-state index contributed by atoms with van der Waals surface area (Å²) < 4.78 is 0. The van der Waals surface area contributed by atoms with E-state index in [2.05, 4.69) is 5.10 Å². The predicted octanol–water partition coefficient (Wildman–Crippen LogP) is 1.89. The fraction of sp³-hybridized carbons (Fsp3) is 0.389. The van der Waals surface area contributed by atoms with Crippen LogP contribution in [0, 0.1) is 55.7 Å². The summed E-state index contributed by atoms with van der Waals surface area (Å²) in [5.41, 5.74) is -0.864. The Labute approximate surface area is 157 Å². The number of rotatable bonds is 4. The minimum atomic E-state index is -0.749. The van der Waals surface area contributed by atoms with E-state index in [4.69, 9.17) is 0 Å². The van der Waals surface area contributed by atoms with Crippen molar-refractivity contribution in [3.63, 3.8) is 0 Å². The Bertz CT molecular complexity index is 949. The van der Waals surface area contributed by atoms with Crippen LogP contribution >= 0.6 is 0 Å². The number of hydrazone groups is 1. The van der Waals surface area contributed by atoms with E-state index >= 15 is 0 Å². The molecule has 2 bridgehead atoms. The zero-order valence-electron chi connectivity index (χ0n) is 14.4. The van der Waals surface area contributed by atoms with Crippen molar-refractivity contribution in [3.05, 3.63) is 56.1 Å². The Kier molecular flexibility index (Phi) is 3.31. The Morgan fingerprint density at radius 1 is 0.929 bits per heavy atom. The first-order valence-electron chi connectivity index (χ1n) is 8.91. The summed E-state index contributed by atoms with van der Waals surface area (Å²) in [4.78, 5) is 46.1. The Balaban J connectivity index is 1.45. The zero-order valence-corrected chi connectivity index (χ0v) is 14.4. The first-order chi connectivity index (χ1) is 13.4. The van der Waals surface area contributed by atoms with Gasteiger partial charge in [0.15, 0.2) is 0 Å². The Hall–Kier alpha value is -3.43. The van der Waals surface area contributed by atoms with Gasteiger partial charge in [0.1, 0.15) is 0 Å². The van der Waals surface area contributed by atoms with Gasteiger partial charge in [0.25, 0.3) is 23.2 Å². The first kappa shape index (κ1) is 16.7. The quantitative estimate of drug-likeness (QED) is 0.256. The highest BCUT2D eigenvalue weighted by Crippen LogP contribution is 2.65. The summed E-state index contributed by atoms with van der Waals surface area (Å²) in [5.74, 6) is -0.462. The third-order valence-electron chi connectivity index (χ3n) is 6.31. The molecule has 1 aromatic rings. The number of nitrogens with zero attached hydrogens (tertiary/aromatic N) is 4. The van der Waals surface area contributed by atoms with Gasteiger partial charge in [-0.3, -0.25) is 29.8 Å². The van der Waals surface area contributed by atoms with Crippen LogP contribution in [0.15, 0.2) is 35.5 Å². The third kappa shape index (κ3) is 2.23. The van der Waals surface area contributed by atoms with Crippen LogP contribution in [0.3, 0.4) is 0 Å². The molecule has 10 nitrogen and oxygen atoms in total. The summed E-state index contributed by atoms with van der Waals surface area (Å²) in [7, 11) is 0. The van der Waals surface area contributed by atoms with E-state index in [1.165, 1.54) is 0 Å². The summed E-state index contributed by atoms with van der Waals surface area (Å²) in [6, 6.07) is 3.05. The van der Waals surface area contributed by atoms with E-state index in [9.17, 15) is 29.8 Å². The van der Waals surface area contributed by atoms with Crippen molar-refractivity contribution in [1.82, 2.24) is 5.01 Å². The van der Waals surface area contributed by atoms with Crippen molar-refractivity contribution < 1.29 is 19.4 Å². The molecule has 1 saturated heterocycles. The molecule has 5 aliphatic rings. The molecular formula is C18H14N4O6. The van der Waals surface area contributed by atoms with Crippen molar-refractivity contribution in [2.75, 3.05) is 0 Å². The second-order valence-electron chi connectivity index (χ2n) is 7.68. The summed E-state index contributed by atoms with van der Waals surface area (Å²) in [5, 5.41) is 26.8. The highest BCUT2D eigenvalue weighted by atomic mass is 16.6. The number of benzene rings is 1. The number of allylic oxidation sites excluding steroid dienone is 2. The van der Waals surface area contributed by atoms with Gasteiger partial charge in [-0.1, -0.05) is 12.2 Å². The van der Waals surface area contributed by atoms with Crippen molar-refractivity contribution in [2.24, 2.45) is 40.6 Å². The maximum absolute atomic E-state index is 12.8. The molecule has 0 aromatic heterocycles. The molecule has 0 unspecified atom stereocenters. The molecule has 6 atom stereocenters. The minimum Gasteiger partial charge on any atom is -0.272 e. The molecular weight excluding hydrogens is 368 g/mol. The molecule has 1 aromatic carbocycles. The lowest BCUT2D eigenvalue weighted by molar-refractivity contribution is -0.394. The van der Waals surface area contributed by atoms with Gasteiger partial charge < -0.3 is 0 Å². The summed E-state index contributed by atoms with van der Waals surface area (Å²) in [6.45, 7) is 0. The van der Waals surface area contributed by atoms with Crippen LogP contribution in [-0.2, 0) is 9.59 Å². The fourth-order valence-corrected chi connectivity index (χ4v) is 5.08. The Morgan fingerprint density at radius 2 is 1.43 bits per heavy atom. The first-order valence-corrected chi connectivity index (χ1v) is 8.91. The molecule has 2 saturated carbocycles. The second kappa shape index (κ2) is 5.54. The van der Waals surface area contributed by atoms with Crippen molar-refractivity contribution in [3.8, 4) is 0 Å². The van der Waals surface area contributed by atoms with Crippen molar-refractivity contribution in [1.29, 1.82) is 0 Å². The number of hydrogen-bond acceptors (Lipinski definition) is 7. The number of carbonyl (C=O) groups excluding carboxylic acids is 2. The standard InChI is InChI=1S/C18H14N4O6/c23-17-15-11-1-2-12(14-6-13(11)14)16(15)18(24)20(17)19-7-8-3-9(21(25)26)5-10(4-8)22(27)28/h1-5,7,11-16H,6H2/b19-7-/t11-,12-,13-,14-,15+,16+/m0/s1. The lowest BCUT2D eigenvalue weighted by atomic mass is 9.63. The number of nitro groups is 2. The van der Waals surface area contributed by atoms with Gasteiger partial charge in [0, 0.05) is 17.7 Å². The maximum Gasteiger partial charge on any atom is 0.276 e. The number of nitro benzene ring substituents is 2. The van der Waals surface area contributed by atoms with Crippen LogP contribution in [0.25, 0.3) is 0 Å². The average Bonchev–Trinajstić information content (AvgIpc) is 3.45. The van der Waals surface area contributed by atoms with E-state index in [1.54, 1.807) is 0 Å². The van der Waals surface area contributed by atoms with E-state index in [0.29, 0.717) is 11.8 Å². The van der Waals surface area contributed by atoms with Gasteiger partial charge in [-0.05, 0) is 30.1 Å². The molecule has 0 N–H and O–H groups in total. The number of hydrogen-bond donors (Lipinski definition) is 0. The number of non-ortho nitro benzene ring substituents is 2. The maximum atomic E-state index is 12.8. The van der Waals surface area contributed by atoms with Crippen LogP contribution in [-0.4, -0.2) is 32.9 Å². The van der Waals surface area contributed by atoms with E-state index in [1.807, 2.05) is 12.2 Å². The second-order valence-corrected chi connectivity index (χ2v) is 7.68. The zero-order chi connectivity index (χ0) is 19.7. The summed E-state index contributed by atoms with van der Waals surface area (Å²) in [6.07, 6.45) is 6.23. The molecule has 1 aliphatic heterocycles. The minimum absolute atomic E-state index is 0.0653. The molecule has 1 heterocycles. The fourth-order valence-electron chi connectivity index (χ4n) is 5.08. The predicted molar refractivity (Wildman–Crippen MR) is 93.9 cm³/mol. The largest absolute Gasteiger partial charge is 0.276 e. The Morgan fingerprint density at radius 3 is 1.89 bits per heavy atom.